The molecule has 0 saturated heterocycles. The largest absolute Gasteiger partial charge is 0.508 e. The number of thiophene rings is 2. The number of carboxylic acids is 1. The fraction of sp³-hybridized carbons (Fsp3) is 0.257. The second-order valence-electron chi connectivity index (χ2n) is 12.0. The summed E-state index contributed by atoms with van der Waals surface area (Å²) in [6.07, 6.45) is -0.751. The third kappa shape index (κ3) is 13.8. The summed E-state index contributed by atoms with van der Waals surface area (Å²) in [6.45, 7) is 5.26. The van der Waals surface area contributed by atoms with E-state index >= 15 is 0 Å². The number of alkyl carbamates (subject to hydrolysis) is 1. The number of aromatic hydroxyl groups is 2. The summed E-state index contributed by atoms with van der Waals surface area (Å²) >= 11 is 8.20. The highest BCUT2D eigenvalue weighted by molar-refractivity contribution is 9.11. The van der Waals surface area contributed by atoms with Crippen molar-refractivity contribution in [3.63, 3.8) is 0 Å². The molecule has 288 valence electrons. The van der Waals surface area contributed by atoms with E-state index in [1.165, 1.54) is 24.3 Å². The zero-order chi connectivity index (χ0) is 40.2. The molecule has 2 aromatic carbocycles. The molecular formula is C35H36Br2N4O11S2. The van der Waals surface area contributed by atoms with Crippen LogP contribution in [0.25, 0.3) is 0 Å². The summed E-state index contributed by atoms with van der Waals surface area (Å²) in [6, 6.07) is 14.8. The normalized spacial score (nSPS) is 11.2. The molecule has 0 bridgehead atoms. The number of phenolic OH excluding ortho intramolecular Hbond substituents is 2. The fourth-order valence-corrected chi connectivity index (χ4v) is 7.46. The van der Waals surface area contributed by atoms with Gasteiger partial charge in [-0.05, 0) is 100 Å². The first kappa shape index (κ1) is 43.4. The van der Waals surface area contributed by atoms with Gasteiger partial charge in [0, 0.05) is 22.0 Å². The molecule has 2 aromatic heterocycles. The number of carbonyl (C=O) groups is 6. The minimum atomic E-state index is -1.18. The summed E-state index contributed by atoms with van der Waals surface area (Å²) in [5.41, 5.74) is 0.737. The van der Waals surface area contributed by atoms with Gasteiger partial charge in [-0.25, -0.2) is 14.4 Å². The van der Waals surface area contributed by atoms with Crippen LogP contribution in [0.1, 0.15) is 70.6 Å². The van der Waals surface area contributed by atoms with Crippen LogP contribution in [-0.2, 0) is 27.4 Å². The maximum atomic E-state index is 12.8. The average molecular weight is 913 g/mol. The first-order chi connectivity index (χ1) is 25.4. The number of amides is 4. The van der Waals surface area contributed by atoms with Crippen LogP contribution in [0.5, 0.6) is 11.5 Å². The summed E-state index contributed by atoms with van der Waals surface area (Å²) in [5.74, 6) is -3.02. The Balaban J connectivity index is 0.000000331. The van der Waals surface area contributed by atoms with Gasteiger partial charge in [-0.3, -0.25) is 14.4 Å². The number of nitrogens with one attached hydrogen (secondary N) is 4. The van der Waals surface area contributed by atoms with E-state index in [1.54, 1.807) is 57.2 Å². The van der Waals surface area contributed by atoms with Gasteiger partial charge in [-0.15, -0.1) is 22.7 Å². The number of benzene rings is 2. The molecule has 2 heterocycles. The summed E-state index contributed by atoms with van der Waals surface area (Å²) in [7, 11) is 1.16. The van der Waals surface area contributed by atoms with Crippen LogP contribution in [0.3, 0.4) is 0 Å². The highest BCUT2D eigenvalue weighted by Crippen LogP contribution is 2.29. The predicted octanol–water partition coefficient (Wildman–Crippen LogP) is 5.79. The van der Waals surface area contributed by atoms with Gasteiger partial charge in [-0.1, -0.05) is 24.3 Å². The van der Waals surface area contributed by atoms with Crippen LogP contribution in [0.4, 0.5) is 4.79 Å². The molecule has 54 heavy (non-hydrogen) atoms. The van der Waals surface area contributed by atoms with Crippen molar-refractivity contribution in [2.24, 2.45) is 0 Å². The molecule has 0 fully saturated rings. The van der Waals surface area contributed by atoms with Crippen LogP contribution in [0.15, 0.2) is 69.6 Å². The predicted molar refractivity (Wildman–Crippen MR) is 207 cm³/mol. The van der Waals surface area contributed by atoms with Crippen LogP contribution in [-0.4, -0.2) is 76.4 Å². The lowest BCUT2D eigenvalue weighted by Crippen LogP contribution is -2.49. The van der Waals surface area contributed by atoms with Crippen LogP contribution >= 0.6 is 54.5 Å². The number of ether oxygens (including phenoxy) is 2. The first-order valence-corrected chi connectivity index (χ1v) is 18.9. The molecule has 7 N–H and O–H groups in total. The molecule has 0 aliphatic rings. The number of rotatable bonds is 12. The SMILES string of the molecule is COC(=O)[C@H](CNC(=O)OC(C)(C)C)NC(=O)c1sc(C(=O)NCc2cccc(O)c2)cc1Br.O=C(NCc1cccc(O)c1)c1cc(Br)c(C(=O)O)s1. The van der Waals surface area contributed by atoms with Crippen molar-refractivity contribution in [1.82, 2.24) is 21.3 Å². The maximum absolute atomic E-state index is 12.8. The highest BCUT2D eigenvalue weighted by Gasteiger charge is 2.27. The van der Waals surface area contributed by atoms with Gasteiger partial charge in [0.25, 0.3) is 17.7 Å². The number of hydrogen-bond acceptors (Lipinski definition) is 12. The third-order valence-electron chi connectivity index (χ3n) is 6.59. The molecule has 1 atom stereocenters. The van der Waals surface area contributed by atoms with Gasteiger partial charge in [0.1, 0.15) is 32.9 Å². The second kappa shape index (κ2) is 19.9. The molecule has 4 rings (SSSR count). The van der Waals surface area contributed by atoms with E-state index in [-0.39, 0.29) is 51.7 Å². The number of carboxylic acid groups (broad SMARTS) is 1. The lowest BCUT2D eigenvalue weighted by Gasteiger charge is -2.21. The molecular weight excluding hydrogens is 876 g/mol. The Morgan fingerprint density at radius 1 is 0.741 bits per heavy atom. The topological polar surface area (TPSA) is 230 Å². The second-order valence-corrected chi connectivity index (χ2v) is 15.8. The number of aromatic carboxylic acids is 1. The van der Waals surface area contributed by atoms with Crippen LogP contribution in [0.2, 0.25) is 0 Å². The van der Waals surface area contributed by atoms with Crippen molar-refractivity contribution in [3.05, 3.63) is 100 Å². The smallest absolute Gasteiger partial charge is 0.407 e. The summed E-state index contributed by atoms with van der Waals surface area (Å²) < 4.78 is 10.6. The van der Waals surface area contributed by atoms with Crippen molar-refractivity contribution in [2.75, 3.05) is 13.7 Å². The molecule has 0 unspecified atom stereocenters. The molecule has 0 saturated carbocycles. The Kier molecular flexibility index (Phi) is 16.0. The number of halogens is 2. The average Bonchev–Trinajstić information content (AvgIpc) is 3.70. The molecule has 4 aromatic rings. The number of phenols is 2. The molecule has 0 spiro atoms. The van der Waals surface area contributed by atoms with E-state index in [1.807, 2.05) is 0 Å². The quantitative estimate of drug-likeness (QED) is 0.0842. The van der Waals surface area contributed by atoms with Gasteiger partial charge in [-0.2, -0.15) is 0 Å². The fourth-order valence-electron chi connectivity index (χ4n) is 4.19. The van der Waals surface area contributed by atoms with Gasteiger partial charge in [0.05, 0.1) is 23.4 Å². The Morgan fingerprint density at radius 3 is 1.65 bits per heavy atom. The molecule has 19 heteroatoms. The minimum Gasteiger partial charge on any atom is -0.508 e. The van der Waals surface area contributed by atoms with Crippen molar-refractivity contribution in [2.45, 2.75) is 45.5 Å². The Morgan fingerprint density at radius 2 is 1.22 bits per heavy atom. The van der Waals surface area contributed by atoms with E-state index in [2.05, 4.69) is 53.1 Å². The van der Waals surface area contributed by atoms with Gasteiger partial charge in [0.15, 0.2) is 0 Å². The number of carbonyl (C=O) groups excluding carboxylic acids is 5. The van der Waals surface area contributed by atoms with Crippen molar-refractivity contribution < 1.29 is 53.6 Å². The van der Waals surface area contributed by atoms with Crippen molar-refractivity contribution in [1.29, 1.82) is 0 Å². The molecule has 0 radical (unpaired) electrons. The van der Waals surface area contributed by atoms with E-state index in [0.717, 1.165) is 35.3 Å². The summed E-state index contributed by atoms with van der Waals surface area (Å²) in [5, 5.41) is 38.1. The van der Waals surface area contributed by atoms with E-state index in [4.69, 9.17) is 14.6 Å². The van der Waals surface area contributed by atoms with Gasteiger partial charge >= 0.3 is 18.0 Å². The molecule has 0 aliphatic carbocycles. The Bertz CT molecular complexity index is 2010. The monoisotopic (exact) mass is 910 g/mol. The van der Waals surface area contributed by atoms with E-state index in [0.29, 0.717) is 19.4 Å². The van der Waals surface area contributed by atoms with Crippen LogP contribution in [0, 0.1) is 0 Å². The number of hydrogen-bond donors (Lipinski definition) is 7. The van der Waals surface area contributed by atoms with E-state index in [9.17, 15) is 39.0 Å². The Hall–Kier alpha value is -4.98. The van der Waals surface area contributed by atoms with Crippen molar-refractivity contribution >= 4 is 90.3 Å². The molecule has 15 nitrogen and oxygen atoms in total. The minimum absolute atomic E-state index is 0.0888. The van der Waals surface area contributed by atoms with Crippen LogP contribution < -0.4 is 21.3 Å². The summed E-state index contributed by atoms with van der Waals surface area (Å²) in [4.78, 5) is 72.9. The van der Waals surface area contributed by atoms with Gasteiger partial charge in [0.2, 0.25) is 0 Å². The third-order valence-corrected chi connectivity index (χ3v) is 10.6. The lowest BCUT2D eigenvalue weighted by atomic mass is 10.2. The molecule has 0 aliphatic heterocycles. The Labute approximate surface area is 334 Å². The standard InChI is InChI=1S/C22H26BrN3O7S.C13H10BrNO4S/c1-22(2,3)33-21(31)25-11-15(20(30)32-4)26-19(29)17-14(23)9-16(34-17)18(28)24-10-12-6-5-7-13(27)8-12;14-9-5-10(20-11(9)13(18)19)12(17)15-6-7-2-1-3-8(16)4-7/h5-9,15,27H,10-11H2,1-4H3,(H,24,28)(H,25,31)(H,26,29);1-5,16H,6H2,(H,15,17)(H,18,19)/t15-;/m0./s1. The van der Waals surface area contributed by atoms with Crippen molar-refractivity contribution in [3.8, 4) is 11.5 Å². The maximum Gasteiger partial charge on any atom is 0.407 e. The molecule has 4 amide bonds. The zero-order valence-electron chi connectivity index (χ0n) is 29.2. The highest BCUT2D eigenvalue weighted by atomic mass is 79.9. The van der Waals surface area contributed by atoms with E-state index < -0.39 is 41.5 Å². The van der Waals surface area contributed by atoms with Gasteiger partial charge < -0.3 is 46.1 Å². The lowest BCUT2D eigenvalue weighted by molar-refractivity contribution is -0.142. The number of methoxy groups -OCH3 is 1. The zero-order valence-corrected chi connectivity index (χ0v) is 34.0. The number of esters is 1. The first-order valence-electron chi connectivity index (χ1n) is 15.7.